The second-order valence-electron chi connectivity index (χ2n) is 4.84. The average molecular weight is 306 g/mol. The molecule has 0 atom stereocenters. The SMILES string of the molecule is Fc1ccccc1-c1cc(Nc2ccncc2)n2ncnc2n1. The lowest BCUT2D eigenvalue weighted by atomic mass is 10.1. The first-order chi connectivity index (χ1) is 11.3. The molecule has 112 valence electrons. The Bertz CT molecular complexity index is 967. The first-order valence-corrected chi connectivity index (χ1v) is 6.94. The number of hydrogen-bond acceptors (Lipinski definition) is 5. The van der Waals surface area contributed by atoms with Gasteiger partial charge < -0.3 is 5.32 Å². The quantitative estimate of drug-likeness (QED) is 0.630. The number of nitrogens with zero attached hydrogens (tertiary/aromatic N) is 5. The molecule has 0 spiro atoms. The second-order valence-corrected chi connectivity index (χ2v) is 4.84. The predicted octanol–water partition coefficient (Wildman–Crippen LogP) is 3.07. The van der Waals surface area contributed by atoms with Crippen LogP contribution < -0.4 is 5.32 Å². The van der Waals surface area contributed by atoms with Gasteiger partial charge in [-0.15, -0.1) is 0 Å². The summed E-state index contributed by atoms with van der Waals surface area (Å²) in [6.45, 7) is 0. The number of pyridine rings is 1. The van der Waals surface area contributed by atoms with Gasteiger partial charge in [-0.1, -0.05) is 12.1 Å². The molecule has 0 unspecified atom stereocenters. The van der Waals surface area contributed by atoms with E-state index in [-0.39, 0.29) is 5.82 Å². The molecule has 4 rings (SSSR count). The van der Waals surface area contributed by atoms with Crippen molar-refractivity contribution in [3.8, 4) is 11.3 Å². The highest BCUT2D eigenvalue weighted by molar-refractivity contribution is 5.68. The third kappa shape index (κ3) is 2.48. The molecule has 23 heavy (non-hydrogen) atoms. The van der Waals surface area contributed by atoms with E-state index in [4.69, 9.17) is 0 Å². The molecule has 4 aromatic rings. The Morgan fingerprint density at radius 2 is 1.87 bits per heavy atom. The van der Waals surface area contributed by atoms with Gasteiger partial charge >= 0.3 is 0 Å². The molecule has 0 saturated carbocycles. The van der Waals surface area contributed by atoms with Crippen LogP contribution in [0, 0.1) is 5.82 Å². The zero-order valence-corrected chi connectivity index (χ0v) is 11.9. The summed E-state index contributed by atoms with van der Waals surface area (Å²) in [4.78, 5) is 12.4. The minimum absolute atomic E-state index is 0.335. The van der Waals surface area contributed by atoms with Gasteiger partial charge in [0.2, 0.25) is 0 Å². The van der Waals surface area contributed by atoms with Gasteiger partial charge in [0.15, 0.2) is 0 Å². The molecule has 0 bridgehead atoms. The van der Waals surface area contributed by atoms with Crippen LogP contribution in [0.2, 0.25) is 0 Å². The fraction of sp³-hybridized carbons (Fsp3) is 0. The standard InChI is InChI=1S/C16H11FN6/c17-13-4-2-1-3-12(13)14-9-15(21-11-5-7-18-8-6-11)23-16(22-14)19-10-20-23/h1-10H,(H,18,21). The van der Waals surface area contributed by atoms with E-state index in [0.717, 1.165) is 5.69 Å². The third-order valence-corrected chi connectivity index (χ3v) is 3.35. The molecule has 0 saturated heterocycles. The number of halogens is 1. The molecule has 1 aromatic carbocycles. The van der Waals surface area contributed by atoms with Gasteiger partial charge in [-0.25, -0.2) is 9.37 Å². The van der Waals surface area contributed by atoms with Gasteiger partial charge in [0.1, 0.15) is 18.0 Å². The number of hydrogen-bond donors (Lipinski definition) is 1. The van der Waals surface area contributed by atoms with Crippen molar-refractivity contribution in [3.63, 3.8) is 0 Å². The number of anilines is 2. The molecule has 6 nitrogen and oxygen atoms in total. The van der Waals surface area contributed by atoms with Crippen molar-refractivity contribution in [2.75, 3.05) is 5.32 Å². The van der Waals surface area contributed by atoms with E-state index < -0.39 is 0 Å². The highest BCUT2D eigenvalue weighted by atomic mass is 19.1. The molecule has 0 fully saturated rings. The van der Waals surface area contributed by atoms with Gasteiger partial charge in [-0.05, 0) is 24.3 Å². The van der Waals surface area contributed by atoms with Crippen molar-refractivity contribution < 1.29 is 4.39 Å². The van der Waals surface area contributed by atoms with E-state index >= 15 is 0 Å². The van der Waals surface area contributed by atoms with Crippen LogP contribution in [-0.2, 0) is 0 Å². The third-order valence-electron chi connectivity index (χ3n) is 3.35. The molecule has 1 N–H and O–H groups in total. The van der Waals surface area contributed by atoms with Crippen molar-refractivity contribution >= 4 is 17.3 Å². The largest absolute Gasteiger partial charge is 0.340 e. The van der Waals surface area contributed by atoms with Crippen LogP contribution in [0.15, 0.2) is 61.2 Å². The zero-order valence-electron chi connectivity index (χ0n) is 11.9. The van der Waals surface area contributed by atoms with Gasteiger partial charge in [0.25, 0.3) is 5.78 Å². The van der Waals surface area contributed by atoms with Crippen LogP contribution in [0.4, 0.5) is 15.9 Å². The Labute approximate surface area is 130 Å². The van der Waals surface area contributed by atoms with Crippen molar-refractivity contribution in [2.45, 2.75) is 0 Å². The van der Waals surface area contributed by atoms with Crippen molar-refractivity contribution in [1.29, 1.82) is 0 Å². The minimum atomic E-state index is -0.335. The van der Waals surface area contributed by atoms with E-state index in [1.807, 2.05) is 12.1 Å². The molecule has 0 aliphatic heterocycles. The first kappa shape index (κ1) is 13.3. The maximum absolute atomic E-state index is 14.0. The lowest BCUT2D eigenvalue weighted by Crippen LogP contribution is -2.03. The highest BCUT2D eigenvalue weighted by Crippen LogP contribution is 2.25. The van der Waals surface area contributed by atoms with Gasteiger partial charge in [-0.3, -0.25) is 4.98 Å². The molecule has 0 radical (unpaired) electrons. The van der Waals surface area contributed by atoms with Gasteiger partial charge in [0, 0.05) is 29.7 Å². The maximum atomic E-state index is 14.0. The molecule has 0 aliphatic carbocycles. The molecule has 7 heteroatoms. The Kier molecular flexibility index (Phi) is 3.16. The molecule has 0 aliphatic rings. The Morgan fingerprint density at radius 1 is 1.04 bits per heavy atom. The number of fused-ring (bicyclic) bond motifs is 1. The van der Waals surface area contributed by atoms with Crippen LogP contribution in [0.25, 0.3) is 17.0 Å². The Hall–Kier alpha value is -3.35. The first-order valence-electron chi connectivity index (χ1n) is 6.94. The van der Waals surface area contributed by atoms with Crippen molar-refractivity contribution in [1.82, 2.24) is 24.6 Å². The number of rotatable bonds is 3. The summed E-state index contributed by atoms with van der Waals surface area (Å²) in [6, 6.07) is 11.9. The average Bonchev–Trinajstić information content (AvgIpc) is 3.05. The molecular formula is C16H11FN6. The maximum Gasteiger partial charge on any atom is 0.254 e. The molecule has 3 heterocycles. The lowest BCUT2D eigenvalue weighted by molar-refractivity contribution is 0.630. The van der Waals surface area contributed by atoms with Crippen LogP contribution in [-0.4, -0.2) is 24.6 Å². The lowest BCUT2D eigenvalue weighted by Gasteiger charge is -2.10. The fourth-order valence-corrected chi connectivity index (χ4v) is 2.29. The molecular weight excluding hydrogens is 295 g/mol. The summed E-state index contributed by atoms with van der Waals surface area (Å²) in [5.74, 6) is 0.693. The monoisotopic (exact) mass is 306 g/mol. The zero-order chi connectivity index (χ0) is 15.6. The molecule has 0 amide bonds. The van der Waals surface area contributed by atoms with Crippen molar-refractivity contribution in [2.24, 2.45) is 0 Å². The normalized spacial score (nSPS) is 10.8. The van der Waals surface area contributed by atoms with E-state index in [0.29, 0.717) is 22.9 Å². The smallest absolute Gasteiger partial charge is 0.254 e. The van der Waals surface area contributed by atoms with Gasteiger partial charge in [-0.2, -0.15) is 14.6 Å². The van der Waals surface area contributed by atoms with E-state index in [1.54, 1.807) is 41.2 Å². The highest BCUT2D eigenvalue weighted by Gasteiger charge is 2.12. The van der Waals surface area contributed by atoms with E-state index in [9.17, 15) is 4.39 Å². The van der Waals surface area contributed by atoms with Gasteiger partial charge in [0.05, 0.1) is 5.69 Å². The summed E-state index contributed by atoms with van der Waals surface area (Å²) < 4.78 is 15.6. The summed E-state index contributed by atoms with van der Waals surface area (Å²) >= 11 is 0. The number of aromatic nitrogens is 5. The second kappa shape index (κ2) is 5.45. The summed E-state index contributed by atoms with van der Waals surface area (Å²) in [5, 5.41) is 7.36. The Morgan fingerprint density at radius 3 is 2.70 bits per heavy atom. The van der Waals surface area contributed by atoms with Crippen LogP contribution in [0.5, 0.6) is 0 Å². The number of nitrogens with one attached hydrogen (secondary N) is 1. The minimum Gasteiger partial charge on any atom is -0.340 e. The van der Waals surface area contributed by atoms with Crippen LogP contribution in [0.1, 0.15) is 0 Å². The van der Waals surface area contributed by atoms with Crippen LogP contribution >= 0.6 is 0 Å². The summed E-state index contributed by atoms with van der Waals surface area (Å²) in [7, 11) is 0. The Balaban J connectivity index is 1.87. The van der Waals surface area contributed by atoms with Crippen LogP contribution in [0.3, 0.4) is 0 Å². The fourth-order valence-electron chi connectivity index (χ4n) is 2.29. The van der Waals surface area contributed by atoms with E-state index in [1.165, 1.54) is 12.4 Å². The summed E-state index contributed by atoms with van der Waals surface area (Å²) in [5.41, 5.74) is 1.73. The predicted molar refractivity (Wildman–Crippen MR) is 83.7 cm³/mol. The van der Waals surface area contributed by atoms with Crippen molar-refractivity contribution in [3.05, 3.63) is 67.0 Å². The number of benzene rings is 1. The summed E-state index contributed by atoms with van der Waals surface area (Å²) in [6.07, 6.45) is 4.77. The topological polar surface area (TPSA) is 68.0 Å². The van der Waals surface area contributed by atoms with E-state index in [2.05, 4.69) is 25.4 Å². The molecule has 3 aromatic heterocycles.